The lowest BCUT2D eigenvalue weighted by Gasteiger charge is -2.28. The number of aliphatic hydroxyl groups is 1. The Morgan fingerprint density at radius 2 is 2.10 bits per heavy atom. The molecule has 1 aromatic rings. The van der Waals surface area contributed by atoms with Crippen molar-refractivity contribution in [3.63, 3.8) is 0 Å². The van der Waals surface area contributed by atoms with Gasteiger partial charge < -0.3 is 14.6 Å². The number of hydrogen-bond acceptors (Lipinski definition) is 5. The number of rotatable bonds is 4. The highest BCUT2D eigenvalue weighted by molar-refractivity contribution is 7.89. The molecule has 0 radical (unpaired) electrons. The number of benzene rings is 1. The first-order chi connectivity index (χ1) is 9.85. The van der Waals surface area contributed by atoms with E-state index in [9.17, 15) is 13.5 Å². The Hall–Kier alpha value is -0.570. The maximum absolute atomic E-state index is 12.4. The first-order valence-corrected chi connectivity index (χ1v) is 8.40. The minimum atomic E-state index is -3.91. The largest absolute Gasteiger partial charge is 0.495 e. The molecule has 6 nitrogen and oxygen atoms in total. The summed E-state index contributed by atoms with van der Waals surface area (Å²) >= 11 is 11.9. The van der Waals surface area contributed by atoms with E-state index >= 15 is 0 Å². The van der Waals surface area contributed by atoms with Crippen LogP contribution in [0.5, 0.6) is 5.75 Å². The lowest BCUT2D eigenvalue weighted by molar-refractivity contribution is -0.0222. The van der Waals surface area contributed by atoms with Crippen LogP contribution in [0, 0.1) is 0 Å². The summed E-state index contributed by atoms with van der Waals surface area (Å²) in [6.07, 6.45) is -0.525. The normalized spacial score (nSPS) is 23.0. The summed E-state index contributed by atoms with van der Waals surface area (Å²) in [5.41, 5.74) is 0. The van der Waals surface area contributed by atoms with Crippen molar-refractivity contribution in [1.82, 2.24) is 4.72 Å². The molecule has 9 heteroatoms. The molecule has 0 unspecified atom stereocenters. The first kappa shape index (κ1) is 16.8. The van der Waals surface area contributed by atoms with Crippen LogP contribution >= 0.6 is 23.2 Å². The summed E-state index contributed by atoms with van der Waals surface area (Å²) in [6, 6.07) is 1.93. The van der Waals surface area contributed by atoms with E-state index in [1.165, 1.54) is 19.2 Å². The minimum absolute atomic E-state index is 0.00898. The van der Waals surface area contributed by atoms with E-state index in [2.05, 4.69) is 4.72 Å². The van der Waals surface area contributed by atoms with Crippen molar-refractivity contribution in [2.45, 2.75) is 23.5 Å². The van der Waals surface area contributed by atoms with Gasteiger partial charge in [-0.15, -0.1) is 0 Å². The lowest BCUT2D eigenvalue weighted by Crippen LogP contribution is -2.48. The van der Waals surface area contributed by atoms with Gasteiger partial charge in [-0.05, 0) is 12.5 Å². The summed E-state index contributed by atoms with van der Waals surface area (Å²) in [6.45, 7) is 0.464. The monoisotopic (exact) mass is 355 g/mol. The molecule has 0 aromatic heterocycles. The van der Waals surface area contributed by atoms with Gasteiger partial charge in [-0.25, -0.2) is 13.1 Å². The van der Waals surface area contributed by atoms with Crippen molar-refractivity contribution in [2.24, 2.45) is 0 Å². The highest BCUT2D eigenvalue weighted by Gasteiger charge is 2.30. The van der Waals surface area contributed by atoms with Crippen LogP contribution in [0.1, 0.15) is 6.42 Å². The van der Waals surface area contributed by atoms with Crippen LogP contribution in [0.25, 0.3) is 0 Å². The lowest BCUT2D eigenvalue weighted by atomic mass is 10.1. The SMILES string of the molecule is COc1cc(Cl)c(S(=O)(=O)N[C@@H]2CCOC[C@H]2O)cc1Cl. The fourth-order valence-electron chi connectivity index (χ4n) is 2.00. The van der Waals surface area contributed by atoms with E-state index in [0.29, 0.717) is 13.0 Å². The maximum atomic E-state index is 12.4. The van der Waals surface area contributed by atoms with Gasteiger partial charge in [0.2, 0.25) is 10.0 Å². The molecule has 1 aliphatic heterocycles. The van der Waals surface area contributed by atoms with Gasteiger partial charge in [-0.3, -0.25) is 0 Å². The third kappa shape index (κ3) is 3.80. The molecule has 0 saturated carbocycles. The van der Waals surface area contributed by atoms with Crippen LogP contribution in [-0.2, 0) is 14.8 Å². The Balaban J connectivity index is 2.29. The first-order valence-electron chi connectivity index (χ1n) is 6.16. The molecule has 118 valence electrons. The van der Waals surface area contributed by atoms with E-state index in [-0.39, 0.29) is 27.3 Å². The van der Waals surface area contributed by atoms with Gasteiger partial charge in [0, 0.05) is 12.7 Å². The third-order valence-corrected chi connectivity index (χ3v) is 5.38. The van der Waals surface area contributed by atoms with Gasteiger partial charge in [0.1, 0.15) is 10.6 Å². The molecule has 1 heterocycles. The predicted molar refractivity (Wildman–Crippen MR) is 78.6 cm³/mol. The summed E-state index contributed by atoms with van der Waals surface area (Å²) in [4.78, 5) is -0.159. The average Bonchev–Trinajstić information content (AvgIpc) is 2.43. The van der Waals surface area contributed by atoms with Crippen LogP contribution in [0.4, 0.5) is 0 Å². The van der Waals surface area contributed by atoms with Crippen LogP contribution < -0.4 is 9.46 Å². The number of methoxy groups -OCH3 is 1. The molecule has 1 aromatic carbocycles. The number of nitrogens with one attached hydrogen (secondary N) is 1. The topological polar surface area (TPSA) is 84.9 Å². The second-order valence-electron chi connectivity index (χ2n) is 4.58. The third-order valence-electron chi connectivity index (χ3n) is 3.13. The average molecular weight is 356 g/mol. The fraction of sp³-hybridized carbons (Fsp3) is 0.500. The van der Waals surface area contributed by atoms with Crippen molar-refractivity contribution in [2.75, 3.05) is 20.3 Å². The molecule has 1 fully saturated rings. The van der Waals surface area contributed by atoms with Gasteiger partial charge in [-0.1, -0.05) is 23.2 Å². The zero-order valence-corrected chi connectivity index (χ0v) is 13.5. The van der Waals surface area contributed by atoms with E-state index in [1.54, 1.807) is 0 Å². The smallest absolute Gasteiger partial charge is 0.242 e. The molecule has 2 rings (SSSR count). The summed E-state index contributed by atoms with van der Waals surface area (Å²) in [5, 5.41) is 9.88. The van der Waals surface area contributed by atoms with Gasteiger partial charge in [0.15, 0.2) is 0 Å². The van der Waals surface area contributed by atoms with E-state index in [4.69, 9.17) is 32.7 Å². The van der Waals surface area contributed by atoms with Gasteiger partial charge in [-0.2, -0.15) is 0 Å². The standard InChI is InChI=1S/C12H15Cl2NO5S/c1-19-11-4-8(14)12(5-7(11)13)21(17,18)15-9-2-3-20-6-10(9)16/h4-5,9-10,15-16H,2-3,6H2,1H3/t9-,10-/m1/s1. The fourth-order valence-corrected chi connectivity index (χ4v) is 4.15. The quantitative estimate of drug-likeness (QED) is 0.853. The van der Waals surface area contributed by atoms with E-state index < -0.39 is 22.2 Å². The Morgan fingerprint density at radius 1 is 1.38 bits per heavy atom. The number of sulfonamides is 1. The second kappa shape index (κ2) is 6.68. The summed E-state index contributed by atoms with van der Waals surface area (Å²) in [7, 11) is -2.50. The van der Waals surface area contributed by atoms with Crippen LogP contribution in [0.2, 0.25) is 10.0 Å². The number of aliphatic hydroxyl groups excluding tert-OH is 1. The molecule has 0 aliphatic carbocycles. The molecule has 1 aliphatic rings. The van der Waals surface area contributed by atoms with E-state index in [0.717, 1.165) is 0 Å². The molecular formula is C12H15Cl2NO5S. The van der Waals surface area contributed by atoms with Crippen molar-refractivity contribution in [3.05, 3.63) is 22.2 Å². The Labute approximate surface area is 133 Å². The Bertz CT molecular complexity index is 622. The Kier molecular flexibility index (Phi) is 5.34. The zero-order valence-electron chi connectivity index (χ0n) is 11.2. The number of hydrogen-bond donors (Lipinski definition) is 2. The van der Waals surface area contributed by atoms with Crippen molar-refractivity contribution >= 4 is 33.2 Å². The highest BCUT2D eigenvalue weighted by atomic mass is 35.5. The minimum Gasteiger partial charge on any atom is -0.495 e. The molecular weight excluding hydrogens is 341 g/mol. The highest BCUT2D eigenvalue weighted by Crippen LogP contribution is 2.33. The number of halogens is 2. The molecule has 0 bridgehead atoms. The zero-order chi connectivity index (χ0) is 15.6. The molecule has 0 amide bonds. The van der Waals surface area contributed by atoms with Crippen molar-refractivity contribution in [3.8, 4) is 5.75 Å². The van der Waals surface area contributed by atoms with Crippen LogP contribution in [0.15, 0.2) is 17.0 Å². The predicted octanol–water partition coefficient (Wildman–Crippen LogP) is 1.43. The molecule has 2 atom stereocenters. The maximum Gasteiger partial charge on any atom is 0.242 e. The molecule has 1 saturated heterocycles. The van der Waals surface area contributed by atoms with Gasteiger partial charge >= 0.3 is 0 Å². The van der Waals surface area contributed by atoms with Crippen molar-refractivity contribution in [1.29, 1.82) is 0 Å². The summed E-state index contributed by atoms with van der Waals surface area (Å²) < 4.78 is 37.2. The van der Waals surface area contributed by atoms with E-state index in [1.807, 2.05) is 0 Å². The molecule has 0 spiro atoms. The number of ether oxygens (including phenoxy) is 2. The second-order valence-corrected chi connectivity index (χ2v) is 7.07. The molecule has 2 N–H and O–H groups in total. The van der Waals surface area contributed by atoms with Gasteiger partial charge in [0.25, 0.3) is 0 Å². The van der Waals surface area contributed by atoms with Crippen LogP contribution in [-0.4, -0.2) is 46.0 Å². The van der Waals surface area contributed by atoms with Gasteiger partial charge in [0.05, 0.1) is 35.9 Å². The Morgan fingerprint density at radius 3 is 2.71 bits per heavy atom. The molecule has 21 heavy (non-hydrogen) atoms. The van der Waals surface area contributed by atoms with Crippen LogP contribution in [0.3, 0.4) is 0 Å². The van der Waals surface area contributed by atoms with Crippen molar-refractivity contribution < 1.29 is 23.0 Å². The summed E-state index contributed by atoms with van der Waals surface area (Å²) in [5.74, 6) is 0.284.